The second-order valence-electron chi connectivity index (χ2n) is 3.66. The zero-order valence-corrected chi connectivity index (χ0v) is 10.7. The molecule has 1 aromatic rings. The molecule has 15 heavy (non-hydrogen) atoms. The second kappa shape index (κ2) is 5.47. The third kappa shape index (κ3) is 3.80. The Morgan fingerprint density at radius 3 is 2.80 bits per heavy atom. The molecular formula is C10H15ClN2OS. The molecule has 0 fully saturated rings. The number of rotatable bonds is 4. The second-order valence-corrected chi connectivity index (χ2v) is 5.26. The van der Waals surface area contributed by atoms with E-state index < -0.39 is 0 Å². The molecule has 1 rings (SSSR count). The van der Waals surface area contributed by atoms with E-state index in [1.807, 2.05) is 20.8 Å². The van der Waals surface area contributed by atoms with Gasteiger partial charge in [0.25, 0.3) is 5.91 Å². The van der Waals surface area contributed by atoms with Crippen molar-refractivity contribution in [2.24, 2.45) is 0 Å². The number of alkyl halides is 1. The molecule has 0 aliphatic rings. The molecule has 0 spiro atoms. The number of nitrogens with zero attached hydrogens (tertiary/aromatic N) is 1. The van der Waals surface area contributed by atoms with E-state index in [0.29, 0.717) is 4.88 Å². The van der Waals surface area contributed by atoms with Crippen molar-refractivity contribution in [3.05, 3.63) is 16.1 Å². The lowest BCUT2D eigenvalue weighted by Gasteiger charge is -2.14. The number of thiazole rings is 1. The minimum absolute atomic E-state index is 0.0557. The molecule has 84 valence electrons. The molecule has 0 radical (unpaired) electrons. The molecule has 1 amide bonds. The van der Waals surface area contributed by atoms with Crippen molar-refractivity contribution in [1.29, 1.82) is 0 Å². The molecule has 0 saturated carbocycles. The van der Waals surface area contributed by atoms with Crippen molar-refractivity contribution < 1.29 is 4.79 Å². The van der Waals surface area contributed by atoms with Gasteiger partial charge in [-0.1, -0.05) is 0 Å². The van der Waals surface area contributed by atoms with Gasteiger partial charge < -0.3 is 5.32 Å². The van der Waals surface area contributed by atoms with Gasteiger partial charge in [-0.15, -0.1) is 22.9 Å². The highest BCUT2D eigenvalue weighted by Gasteiger charge is 2.15. The number of nitrogens with one attached hydrogen (secondary N) is 1. The molecular weight excluding hydrogens is 232 g/mol. The van der Waals surface area contributed by atoms with Crippen molar-refractivity contribution in [3.63, 3.8) is 0 Å². The number of hydrogen-bond donors (Lipinski definition) is 1. The third-order valence-corrected chi connectivity index (χ3v) is 3.11. The number of halogens is 1. The number of amides is 1. The Labute approximate surface area is 98.9 Å². The lowest BCUT2D eigenvalue weighted by molar-refractivity contribution is 0.0942. The molecule has 1 N–H and O–H groups in total. The molecule has 1 heterocycles. The summed E-state index contributed by atoms with van der Waals surface area (Å²) in [6.45, 7) is 5.70. The third-order valence-electron chi connectivity index (χ3n) is 2.01. The van der Waals surface area contributed by atoms with Crippen LogP contribution in [0.5, 0.6) is 0 Å². The summed E-state index contributed by atoms with van der Waals surface area (Å²) in [6, 6.07) is 0.0894. The highest BCUT2D eigenvalue weighted by atomic mass is 35.5. The molecule has 0 aromatic carbocycles. The van der Waals surface area contributed by atoms with Gasteiger partial charge in [0.1, 0.15) is 4.88 Å². The maximum atomic E-state index is 11.7. The van der Waals surface area contributed by atoms with E-state index in [4.69, 9.17) is 11.6 Å². The summed E-state index contributed by atoms with van der Waals surface area (Å²) in [4.78, 5) is 16.5. The molecule has 0 aliphatic heterocycles. The number of aryl methyl sites for hydroxylation is 1. The summed E-state index contributed by atoms with van der Waals surface area (Å²) in [5.74, 6) is -0.0557. The van der Waals surface area contributed by atoms with Crippen LogP contribution >= 0.6 is 22.9 Å². The summed E-state index contributed by atoms with van der Waals surface area (Å²) in [5, 5.41) is 2.97. The van der Waals surface area contributed by atoms with Crippen LogP contribution in [0.4, 0.5) is 0 Å². The lowest BCUT2D eigenvalue weighted by Crippen LogP contribution is -2.33. The molecule has 0 saturated heterocycles. The Kier molecular flexibility index (Phi) is 4.54. The van der Waals surface area contributed by atoms with Crippen molar-refractivity contribution >= 4 is 28.8 Å². The fraction of sp³-hybridized carbons (Fsp3) is 0.600. The van der Waals surface area contributed by atoms with E-state index in [9.17, 15) is 4.79 Å². The van der Waals surface area contributed by atoms with Gasteiger partial charge in [0.2, 0.25) is 0 Å². The molecule has 0 aliphatic carbocycles. The normalized spacial score (nSPS) is 14.7. The topological polar surface area (TPSA) is 42.0 Å². The first-order valence-electron chi connectivity index (χ1n) is 4.85. The van der Waals surface area contributed by atoms with Crippen molar-refractivity contribution in [3.8, 4) is 0 Å². The Bertz CT molecular complexity index is 338. The van der Waals surface area contributed by atoms with Crippen LogP contribution in [0.1, 0.15) is 35.6 Å². The average Bonchev–Trinajstić information content (AvgIpc) is 2.49. The zero-order valence-electron chi connectivity index (χ0n) is 9.08. The van der Waals surface area contributed by atoms with Crippen LogP contribution in [-0.4, -0.2) is 22.3 Å². The first-order chi connectivity index (χ1) is 7.00. The van der Waals surface area contributed by atoms with Gasteiger partial charge >= 0.3 is 0 Å². The Morgan fingerprint density at radius 1 is 1.67 bits per heavy atom. The molecule has 3 nitrogen and oxygen atoms in total. The predicted octanol–water partition coefficient (Wildman–Crippen LogP) is 2.59. The van der Waals surface area contributed by atoms with Gasteiger partial charge in [-0.05, 0) is 27.2 Å². The van der Waals surface area contributed by atoms with Crippen LogP contribution in [0.3, 0.4) is 0 Å². The SMILES string of the molecule is Cc1ncsc1C(=O)NC(C)CC(C)Cl. The van der Waals surface area contributed by atoms with Gasteiger partial charge in [-0.25, -0.2) is 4.98 Å². The fourth-order valence-corrected chi connectivity index (χ4v) is 2.33. The van der Waals surface area contributed by atoms with Gasteiger partial charge in [0, 0.05) is 11.4 Å². The van der Waals surface area contributed by atoms with Gasteiger partial charge in [0.05, 0.1) is 11.2 Å². The smallest absolute Gasteiger partial charge is 0.263 e. The first-order valence-corrected chi connectivity index (χ1v) is 6.17. The van der Waals surface area contributed by atoms with Crippen LogP contribution in [-0.2, 0) is 0 Å². The number of aromatic nitrogens is 1. The maximum Gasteiger partial charge on any atom is 0.263 e. The molecule has 1 aromatic heterocycles. The van der Waals surface area contributed by atoms with Crippen LogP contribution in [0.15, 0.2) is 5.51 Å². The van der Waals surface area contributed by atoms with E-state index in [0.717, 1.165) is 12.1 Å². The van der Waals surface area contributed by atoms with Gasteiger partial charge in [-0.3, -0.25) is 4.79 Å². The molecule has 5 heteroatoms. The molecule has 2 unspecified atom stereocenters. The Hall–Kier alpha value is -0.610. The van der Waals surface area contributed by atoms with Gasteiger partial charge in [0.15, 0.2) is 0 Å². The molecule has 0 bridgehead atoms. The van der Waals surface area contributed by atoms with E-state index >= 15 is 0 Å². The van der Waals surface area contributed by atoms with Crippen LogP contribution < -0.4 is 5.32 Å². The maximum absolute atomic E-state index is 11.7. The summed E-state index contributed by atoms with van der Waals surface area (Å²) in [5.41, 5.74) is 2.46. The molecule has 2 atom stereocenters. The van der Waals surface area contributed by atoms with E-state index in [1.165, 1.54) is 11.3 Å². The zero-order chi connectivity index (χ0) is 11.4. The first kappa shape index (κ1) is 12.5. The monoisotopic (exact) mass is 246 g/mol. The van der Waals surface area contributed by atoms with E-state index in [-0.39, 0.29) is 17.3 Å². The van der Waals surface area contributed by atoms with Gasteiger partial charge in [-0.2, -0.15) is 0 Å². The van der Waals surface area contributed by atoms with Crippen LogP contribution in [0.2, 0.25) is 0 Å². The summed E-state index contributed by atoms with van der Waals surface area (Å²) in [6.07, 6.45) is 0.769. The van der Waals surface area contributed by atoms with Crippen molar-refractivity contribution in [2.45, 2.75) is 38.6 Å². The minimum atomic E-state index is -0.0557. The largest absolute Gasteiger partial charge is 0.349 e. The van der Waals surface area contributed by atoms with Crippen LogP contribution in [0, 0.1) is 6.92 Å². The van der Waals surface area contributed by atoms with E-state index in [2.05, 4.69) is 10.3 Å². The average molecular weight is 247 g/mol. The summed E-state index contributed by atoms with van der Waals surface area (Å²) >= 11 is 7.21. The number of hydrogen-bond acceptors (Lipinski definition) is 3. The Balaban J connectivity index is 2.53. The lowest BCUT2D eigenvalue weighted by atomic mass is 10.2. The predicted molar refractivity (Wildman–Crippen MR) is 63.7 cm³/mol. The quantitative estimate of drug-likeness (QED) is 0.830. The highest BCUT2D eigenvalue weighted by molar-refractivity contribution is 7.11. The minimum Gasteiger partial charge on any atom is -0.349 e. The van der Waals surface area contributed by atoms with Crippen molar-refractivity contribution in [2.75, 3.05) is 0 Å². The summed E-state index contributed by atoms with van der Waals surface area (Å²) in [7, 11) is 0. The van der Waals surface area contributed by atoms with E-state index in [1.54, 1.807) is 5.51 Å². The Morgan fingerprint density at radius 2 is 2.33 bits per heavy atom. The summed E-state index contributed by atoms with van der Waals surface area (Å²) < 4.78 is 0. The standard InChI is InChI=1S/C10H15ClN2OS/c1-6(11)4-7(2)13-10(14)9-8(3)12-5-15-9/h5-7H,4H2,1-3H3,(H,13,14). The number of carbonyl (C=O) groups excluding carboxylic acids is 1. The van der Waals surface area contributed by atoms with Crippen molar-refractivity contribution in [1.82, 2.24) is 10.3 Å². The number of carbonyl (C=O) groups is 1. The van der Waals surface area contributed by atoms with Crippen LogP contribution in [0.25, 0.3) is 0 Å². The highest BCUT2D eigenvalue weighted by Crippen LogP contribution is 2.12. The fourth-order valence-electron chi connectivity index (χ4n) is 1.36.